The Morgan fingerprint density at radius 1 is 1.35 bits per heavy atom. The fraction of sp³-hybridized carbons (Fsp3) is 0.533. The molecule has 1 unspecified atom stereocenters. The first-order valence-electron chi connectivity index (χ1n) is 7.13. The molecule has 110 valence electrons. The first kappa shape index (κ1) is 15.5. The van der Waals surface area contributed by atoms with Gasteiger partial charge in [-0.1, -0.05) is 44.2 Å². The molecule has 0 radical (unpaired) electrons. The second kappa shape index (κ2) is 6.72. The van der Waals surface area contributed by atoms with Crippen molar-refractivity contribution in [1.29, 1.82) is 0 Å². The maximum Gasteiger partial charge on any atom is 0.178 e. The number of unbranched alkanes of at least 4 members (excludes halogenated alkanes) is 3. The molecule has 0 bridgehead atoms. The molecular weight excluding hydrogens is 295 g/mol. The summed E-state index contributed by atoms with van der Waals surface area (Å²) in [5.41, 5.74) is 1.58. The van der Waals surface area contributed by atoms with Crippen LogP contribution in [-0.2, 0) is 0 Å². The highest BCUT2D eigenvalue weighted by molar-refractivity contribution is 7.71. The summed E-state index contributed by atoms with van der Waals surface area (Å²) >= 11 is 11.2. The van der Waals surface area contributed by atoms with Crippen LogP contribution >= 0.6 is 23.8 Å². The van der Waals surface area contributed by atoms with Gasteiger partial charge in [-0.25, -0.2) is 4.39 Å². The molecule has 20 heavy (non-hydrogen) atoms. The average molecular weight is 315 g/mol. The Morgan fingerprint density at radius 2 is 2.10 bits per heavy atom. The number of aromatic amines is 1. The lowest BCUT2D eigenvalue weighted by Gasteiger charge is -2.14. The number of imidazole rings is 1. The highest BCUT2D eigenvalue weighted by Crippen LogP contribution is 2.27. The van der Waals surface area contributed by atoms with Crippen molar-refractivity contribution in [3.8, 4) is 0 Å². The third-order valence-corrected chi connectivity index (χ3v) is 4.26. The Balaban J connectivity index is 2.26. The van der Waals surface area contributed by atoms with Crippen molar-refractivity contribution in [2.75, 3.05) is 0 Å². The molecule has 0 amide bonds. The third-order valence-electron chi connectivity index (χ3n) is 3.67. The Hall–Kier alpha value is -0.870. The third kappa shape index (κ3) is 3.23. The molecule has 0 saturated heterocycles. The number of halogens is 2. The van der Waals surface area contributed by atoms with Gasteiger partial charge < -0.3 is 9.55 Å². The predicted molar refractivity (Wildman–Crippen MR) is 85.6 cm³/mol. The van der Waals surface area contributed by atoms with Crippen LogP contribution in [0.5, 0.6) is 0 Å². The fourth-order valence-corrected chi connectivity index (χ4v) is 3.11. The summed E-state index contributed by atoms with van der Waals surface area (Å²) in [7, 11) is 0. The van der Waals surface area contributed by atoms with Crippen LogP contribution in [0.3, 0.4) is 0 Å². The summed E-state index contributed by atoms with van der Waals surface area (Å²) in [4.78, 5) is 3.10. The van der Waals surface area contributed by atoms with Crippen LogP contribution < -0.4 is 0 Å². The Morgan fingerprint density at radius 3 is 2.80 bits per heavy atom. The average Bonchev–Trinajstić information content (AvgIpc) is 2.70. The highest BCUT2D eigenvalue weighted by atomic mass is 35.5. The minimum Gasteiger partial charge on any atom is -0.331 e. The highest BCUT2D eigenvalue weighted by Gasteiger charge is 2.13. The SMILES string of the molecule is CCCCCCC(C)n1c(=S)[nH]c2cc(Cl)c(F)cc21. The molecule has 0 fully saturated rings. The van der Waals surface area contributed by atoms with Crippen LogP contribution in [0, 0.1) is 10.6 Å². The van der Waals surface area contributed by atoms with E-state index in [1.165, 1.54) is 31.7 Å². The van der Waals surface area contributed by atoms with E-state index in [2.05, 4.69) is 18.8 Å². The number of aromatic nitrogens is 2. The van der Waals surface area contributed by atoms with Gasteiger partial charge >= 0.3 is 0 Å². The smallest absolute Gasteiger partial charge is 0.178 e. The minimum absolute atomic E-state index is 0.122. The van der Waals surface area contributed by atoms with Crippen LogP contribution in [0.25, 0.3) is 11.0 Å². The van der Waals surface area contributed by atoms with Gasteiger partial charge in [0.05, 0.1) is 16.1 Å². The standard InChI is InChI=1S/C15H20ClFN2S/c1-3-4-5-6-7-10(2)19-14-9-12(17)11(16)8-13(14)18-15(19)20/h8-10H,3-7H2,1-2H3,(H,18,20). The molecule has 1 N–H and O–H groups in total. The number of benzene rings is 1. The lowest BCUT2D eigenvalue weighted by Crippen LogP contribution is -2.05. The van der Waals surface area contributed by atoms with E-state index in [1.807, 2.05) is 4.57 Å². The van der Waals surface area contributed by atoms with E-state index in [4.69, 9.17) is 23.8 Å². The molecule has 5 heteroatoms. The van der Waals surface area contributed by atoms with Crippen molar-refractivity contribution >= 4 is 34.9 Å². The molecule has 0 aliphatic heterocycles. The van der Waals surface area contributed by atoms with E-state index in [1.54, 1.807) is 6.07 Å². The molecular formula is C15H20ClFN2S. The number of nitrogens with zero attached hydrogens (tertiary/aromatic N) is 1. The molecule has 1 aromatic carbocycles. The van der Waals surface area contributed by atoms with Gasteiger partial charge in [0.25, 0.3) is 0 Å². The van der Waals surface area contributed by atoms with Gasteiger partial charge in [0, 0.05) is 12.1 Å². The summed E-state index contributed by atoms with van der Waals surface area (Å²) in [6.07, 6.45) is 5.93. The maximum absolute atomic E-state index is 13.7. The minimum atomic E-state index is -0.403. The van der Waals surface area contributed by atoms with Crippen LogP contribution in [-0.4, -0.2) is 9.55 Å². The molecule has 1 atom stereocenters. The van der Waals surface area contributed by atoms with Gasteiger partial charge in [-0.3, -0.25) is 0 Å². The molecule has 0 aliphatic rings. The van der Waals surface area contributed by atoms with E-state index in [-0.39, 0.29) is 11.1 Å². The van der Waals surface area contributed by atoms with Gasteiger partial charge in [0.15, 0.2) is 4.77 Å². The number of nitrogens with one attached hydrogen (secondary N) is 1. The predicted octanol–water partition coefficient (Wildman–Crippen LogP) is 6.02. The number of hydrogen-bond donors (Lipinski definition) is 1. The molecule has 0 spiro atoms. The zero-order chi connectivity index (χ0) is 14.7. The zero-order valence-electron chi connectivity index (χ0n) is 11.9. The van der Waals surface area contributed by atoms with Crippen molar-refractivity contribution in [1.82, 2.24) is 9.55 Å². The summed E-state index contributed by atoms with van der Waals surface area (Å²) < 4.78 is 16.3. The maximum atomic E-state index is 13.7. The van der Waals surface area contributed by atoms with E-state index in [0.717, 1.165) is 17.5 Å². The van der Waals surface area contributed by atoms with Gasteiger partial charge in [-0.2, -0.15) is 0 Å². The number of rotatable bonds is 6. The lowest BCUT2D eigenvalue weighted by molar-refractivity contribution is 0.477. The second-order valence-corrected chi connectivity index (χ2v) is 6.08. The molecule has 0 saturated carbocycles. The molecule has 1 aromatic heterocycles. The van der Waals surface area contributed by atoms with Crippen LogP contribution in [0.15, 0.2) is 12.1 Å². The van der Waals surface area contributed by atoms with Crippen LogP contribution in [0.1, 0.15) is 52.0 Å². The van der Waals surface area contributed by atoms with Crippen molar-refractivity contribution in [3.05, 3.63) is 27.7 Å². The van der Waals surface area contributed by atoms with Gasteiger partial charge in [0.1, 0.15) is 5.82 Å². The fourth-order valence-electron chi connectivity index (χ4n) is 2.55. The molecule has 2 aromatic rings. The Kier molecular flexibility index (Phi) is 5.22. The summed E-state index contributed by atoms with van der Waals surface area (Å²) in [6, 6.07) is 3.32. The first-order valence-corrected chi connectivity index (χ1v) is 7.92. The topological polar surface area (TPSA) is 20.7 Å². The summed E-state index contributed by atoms with van der Waals surface area (Å²) in [5, 5.41) is 0.122. The van der Waals surface area contributed by atoms with Gasteiger partial charge in [0.2, 0.25) is 0 Å². The number of fused-ring (bicyclic) bond motifs is 1. The first-order chi connectivity index (χ1) is 9.54. The van der Waals surface area contributed by atoms with E-state index >= 15 is 0 Å². The van der Waals surface area contributed by atoms with Crippen molar-refractivity contribution in [2.45, 2.75) is 52.0 Å². The van der Waals surface area contributed by atoms with Gasteiger partial charge in [-0.05, 0) is 31.6 Å². The van der Waals surface area contributed by atoms with E-state index < -0.39 is 5.82 Å². The molecule has 2 rings (SSSR count). The van der Waals surface area contributed by atoms with Crippen LogP contribution in [0.4, 0.5) is 4.39 Å². The lowest BCUT2D eigenvalue weighted by atomic mass is 10.1. The number of hydrogen-bond acceptors (Lipinski definition) is 1. The normalized spacial score (nSPS) is 13.0. The Bertz CT molecular complexity index is 647. The van der Waals surface area contributed by atoms with Crippen molar-refractivity contribution in [2.24, 2.45) is 0 Å². The molecule has 1 heterocycles. The molecule has 0 aliphatic carbocycles. The zero-order valence-corrected chi connectivity index (χ0v) is 13.5. The van der Waals surface area contributed by atoms with Crippen molar-refractivity contribution < 1.29 is 4.39 Å². The van der Waals surface area contributed by atoms with E-state index in [0.29, 0.717) is 4.77 Å². The Labute approximate surface area is 128 Å². The number of H-pyrrole nitrogens is 1. The van der Waals surface area contributed by atoms with E-state index in [9.17, 15) is 4.39 Å². The molecule has 2 nitrogen and oxygen atoms in total. The monoisotopic (exact) mass is 314 g/mol. The van der Waals surface area contributed by atoms with Crippen LogP contribution in [0.2, 0.25) is 5.02 Å². The summed E-state index contributed by atoms with van der Waals surface area (Å²) in [6.45, 7) is 4.33. The van der Waals surface area contributed by atoms with Gasteiger partial charge in [-0.15, -0.1) is 0 Å². The largest absolute Gasteiger partial charge is 0.331 e. The summed E-state index contributed by atoms with van der Waals surface area (Å²) in [5.74, 6) is -0.403. The van der Waals surface area contributed by atoms with Crippen molar-refractivity contribution in [3.63, 3.8) is 0 Å². The quantitative estimate of drug-likeness (QED) is 0.510. The second-order valence-electron chi connectivity index (χ2n) is 5.28.